The Morgan fingerprint density at radius 1 is 1.17 bits per heavy atom. The second-order valence-corrected chi connectivity index (χ2v) is 6.57. The maximum Gasteiger partial charge on any atom is 0.339 e. The van der Waals surface area contributed by atoms with E-state index in [1.165, 1.54) is 24.9 Å². The van der Waals surface area contributed by atoms with Crippen LogP contribution in [-0.4, -0.2) is 24.2 Å². The number of carbonyl (C=O) groups is 2. The first-order chi connectivity index (χ1) is 11.0. The van der Waals surface area contributed by atoms with E-state index in [1.54, 1.807) is 12.1 Å². The molecule has 0 aliphatic rings. The molecule has 0 aromatic heterocycles. The lowest BCUT2D eigenvalue weighted by Gasteiger charge is -2.13. The fourth-order valence-corrected chi connectivity index (χ4v) is 2.95. The molecule has 23 heavy (non-hydrogen) atoms. The Balaban J connectivity index is 2.06. The molecule has 6 heteroatoms. The molecule has 2 rings (SSSR count). The van der Waals surface area contributed by atoms with Gasteiger partial charge in [0.05, 0.1) is 22.9 Å². The predicted molar refractivity (Wildman–Crippen MR) is 93.2 cm³/mol. The van der Waals surface area contributed by atoms with Crippen LogP contribution >= 0.6 is 23.4 Å². The molecule has 0 unspecified atom stereocenters. The van der Waals surface area contributed by atoms with Gasteiger partial charge < -0.3 is 10.1 Å². The molecule has 120 valence electrons. The number of halogens is 1. The van der Waals surface area contributed by atoms with E-state index in [2.05, 4.69) is 10.1 Å². The molecule has 0 bridgehead atoms. The first kappa shape index (κ1) is 17.4. The summed E-state index contributed by atoms with van der Waals surface area (Å²) in [6.45, 7) is 1.82. The summed E-state index contributed by atoms with van der Waals surface area (Å²) in [5.41, 5.74) is 0.718. The first-order valence-electron chi connectivity index (χ1n) is 6.91. The molecule has 1 amide bonds. The quantitative estimate of drug-likeness (QED) is 0.647. The minimum atomic E-state index is -0.544. The topological polar surface area (TPSA) is 55.4 Å². The number of carbonyl (C=O) groups excluding carboxylic acids is 2. The Hall–Kier alpha value is -1.98. The summed E-state index contributed by atoms with van der Waals surface area (Å²) >= 11 is 7.42. The maximum atomic E-state index is 12.3. The third kappa shape index (κ3) is 4.74. The van der Waals surface area contributed by atoms with Gasteiger partial charge in [-0.1, -0.05) is 29.8 Å². The second kappa shape index (κ2) is 8.04. The largest absolute Gasteiger partial charge is 0.465 e. The van der Waals surface area contributed by atoms with Crippen LogP contribution in [0.5, 0.6) is 0 Å². The molecule has 0 radical (unpaired) electrons. The zero-order valence-corrected chi connectivity index (χ0v) is 14.3. The molecule has 4 nitrogen and oxygen atoms in total. The fraction of sp³-hybridized carbons (Fsp3) is 0.176. The molecule has 1 N–H and O–H groups in total. The number of hydrogen-bond donors (Lipinski definition) is 1. The molecule has 2 aromatic carbocycles. The van der Waals surface area contributed by atoms with Gasteiger partial charge in [0, 0.05) is 10.6 Å². The molecule has 1 atom stereocenters. The number of methoxy groups -OCH3 is 1. The van der Waals surface area contributed by atoms with Gasteiger partial charge in [0.2, 0.25) is 5.91 Å². The van der Waals surface area contributed by atoms with E-state index in [0.29, 0.717) is 5.69 Å². The molecule has 0 aliphatic carbocycles. The van der Waals surface area contributed by atoms with Crippen molar-refractivity contribution in [3.05, 3.63) is 59.1 Å². The van der Waals surface area contributed by atoms with Crippen molar-refractivity contribution in [3.8, 4) is 0 Å². The van der Waals surface area contributed by atoms with Crippen LogP contribution in [0.15, 0.2) is 53.4 Å². The van der Waals surface area contributed by atoms with Gasteiger partial charge in [-0.2, -0.15) is 0 Å². The van der Waals surface area contributed by atoms with Gasteiger partial charge in [0.25, 0.3) is 0 Å². The van der Waals surface area contributed by atoms with Crippen LogP contribution in [0.1, 0.15) is 17.3 Å². The molecule has 0 aliphatic heterocycles. The normalized spacial score (nSPS) is 11.6. The van der Waals surface area contributed by atoms with Gasteiger partial charge in [-0.25, -0.2) is 4.79 Å². The molecule has 0 spiro atoms. The highest BCUT2D eigenvalue weighted by Crippen LogP contribution is 2.25. The number of hydrogen-bond acceptors (Lipinski definition) is 4. The summed E-state index contributed by atoms with van der Waals surface area (Å²) in [6, 6.07) is 14.4. The number of benzene rings is 2. The van der Waals surface area contributed by atoms with Gasteiger partial charge in [0.1, 0.15) is 0 Å². The van der Waals surface area contributed by atoms with Gasteiger partial charge in [-0.3, -0.25) is 4.79 Å². The van der Waals surface area contributed by atoms with E-state index < -0.39 is 5.97 Å². The number of nitrogens with one attached hydrogen (secondary N) is 1. The summed E-state index contributed by atoms with van der Waals surface area (Å²) < 4.78 is 4.66. The van der Waals surface area contributed by atoms with E-state index in [9.17, 15) is 9.59 Å². The number of rotatable bonds is 5. The zero-order chi connectivity index (χ0) is 16.8. The molecular formula is C17H16ClNO3S. The lowest BCUT2D eigenvalue weighted by Crippen LogP contribution is -2.22. The van der Waals surface area contributed by atoms with Crippen LogP contribution < -0.4 is 5.32 Å². The smallest absolute Gasteiger partial charge is 0.339 e. The van der Waals surface area contributed by atoms with Crippen molar-refractivity contribution >= 4 is 40.9 Å². The molecule has 0 fully saturated rings. The van der Waals surface area contributed by atoms with Crippen LogP contribution in [0.25, 0.3) is 0 Å². The molecule has 0 saturated carbocycles. The Morgan fingerprint density at radius 2 is 1.87 bits per heavy atom. The Kier molecular flexibility index (Phi) is 6.07. The monoisotopic (exact) mass is 349 g/mol. The lowest BCUT2D eigenvalue weighted by atomic mass is 10.2. The Labute approximate surface area is 144 Å². The molecular weight excluding hydrogens is 334 g/mol. The minimum Gasteiger partial charge on any atom is -0.465 e. The van der Waals surface area contributed by atoms with Crippen LogP contribution in [0, 0.1) is 0 Å². The third-order valence-electron chi connectivity index (χ3n) is 3.06. The zero-order valence-electron chi connectivity index (χ0n) is 12.7. The summed E-state index contributed by atoms with van der Waals surface area (Å²) in [4.78, 5) is 24.9. The average Bonchev–Trinajstić information content (AvgIpc) is 2.56. The van der Waals surface area contributed by atoms with E-state index >= 15 is 0 Å². The number of amides is 1. The van der Waals surface area contributed by atoms with E-state index in [0.717, 1.165) is 4.90 Å². The van der Waals surface area contributed by atoms with Crippen molar-refractivity contribution in [1.82, 2.24) is 0 Å². The highest BCUT2D eigenvalue weighted by atomic mass is 35.5. The van der Waals surface area contributed by atoms with Gasteiger partial charge in [0.15, 0.2) is 0 Å². The van der Waals surface area contributed by atoms with Crippen LogP contribution in [-0.2, 0) is 9.53 Å². The molecule has 0 saturated heterocycles. The van der Waals surface area contributed by atoms with Crippen molar-refractivity contribution in [2.75, 3.05) is 12.4 Å². The van der Waals surface area contributed by atoms with Crippen molar-refractivity contribution < 1.29 is 14.3 Å². The van der Waals surface area contributed by atoms with Crippen LogP contribution in [0.2, 0.25) is 5.02 Å². The third-order valence-corrected chi connectivity index (χ3v) is 4.51. The van der Waals surface area contributed by atoms with E-state index in [4.69, 9.17) is 11.6 Å². The summed E-state index contributed by atoms with van der Waals surface area (Å²) in [5, 5.41) is 2.78. The second-order valence-electron chi connectivity index (χ2n) is 4.75. The number of esters is 1. The summed E-state index contributed by atoms with van der Waals surface area (Å²) in [6.07, 6.45) is 0. The highest BCUT2D eigenvalue weighted by molar-refractivity contribution is 8.00. The van der Waals surface area contributed by atoms with Crippen molar-refractivity contribution in [1.29, 1.82) is 0 Å². The fourth-order valence-electron chi connectivity index (χ4n) is 1.87. The van der Waals surface area contributed by atoms with Gasteiger partial charge in [-0.15, -0.1) is 11.8 Å². The lowest BCUT2D eigenvalue weighted by molar-refractivity contribution is -0.115. The van der Waals surface area contributed by atoms with E-state index in [1.807, 2.05) is 37.3 Å². The van der Waals surface area contributed by atoms with E-state index in [-0.39, 0.29) is 21.7 Å². The van der Waals surface area contributed by atoms with Crippen molar-refractivity contribution in [2.45, 2.75) is 17.1 Å². The van der Waals surface area contributed by atoms with Gasteiger partial charge >= 0.3 is 5.97 Å². The Morgan fingerprint density at radius 3 is 2.52 bits per heavy atom. The first-order valence-corrected chi connectivity index (χ1v) is 8.17. The molecule has 0 heterocycles. The standard InChI is InChI=1S/C17H16ClNO3S/c1-11(23-13-6-4-3-5-7-13)16(20)19-12-8-9-15(18)14(10-12)17(21)22-2/h3-11H,1-2H3,(H,19,20)/t11-/m0/s1. The highest BCUT2D eigenvalue weighted by Gasteiger charge is 2.16. The van der Waals surface area contributed by atoms with Gasteiger partial charge in [-0.05, 0) is 37.3 Å². The number of ether oxygens (including phenoxy) is 1. The Bertz CT molecular complexity index is 706. The van der Waals surface area contributed by atoms with Crippen LogP contribution in [0.3, 0.4) is 0 Å². The summed E-state index contributed by atoms with van der Waals surface area (Å²) in [5.74, 6) is -0.699. The molecule has 2 aromatic rings. The minimum absolute atomic E-state index is 0.156. The maximum absolute atomic E-state index is 12.3. The SMILES string of the molecule is COC(=O)c1cc(NC(=O)[C@H](C)Sc2ccccc2)ccc1Cl. The predicted octanol–water partition coefficient (Wildman–Crippen LogP) is 4.25. The van der Waals surface area contributed by atoms with Crippen molar-refractivity contribution in [3.63, 3.8) is 0 Å². The number of thioether (sulfide) groups is 1. The summed E-state index contributed by atoms with van der Waals surface area (Å²) in [7, 11) is 1.28. The average molecular weight is 350 g/mol. The van der Waals surface area contributed by atoms with Crippen LogP contribution in [0.4, 0.5) is 5.69 Å². The van der Waals surface area contributed by atoms with Crippen molar-refractivity contribution in [2.24, 2.45) is 0 Å². The number of anilines is 1.